The number of hydrogen-bond donors (Lipinski definition) is 0. The highest BCUT2D eigenvalue weighted by Crippen LogP contribution is 2.25. The van der Waals surface area contributed by atoms with Crippen molar-refractivity contribution in [3.05, 3.63) is 82.7 Å². The zero-order chi connectivity index (χ0) is 21.5. The summed E-state index contributed by atoms with van der Waals surface area (Å²) in [6, 6.07) is 25.5. The van der Waals surface area contributed by atoms with Gasteiger partial charge in [-0.2, -0.15) is 26.3 Å². The number of hydrogen-bond acceptors (Lipinski definition) is 7. The maximum atomic E-state index is 9.14. The van der Waals surface area contributed by atoms with E-state index < -0.39 is 0 Å². The minimum absolute atomic E-state index is 0.0243. The Hall–Kier alpha value is -5.29. The number of benzene rings is 2. The first-order valence-corrected chi connectivity index (χ1v) is 8.49. The third-order valence-corrected chi connectivity index (χ3v) is 4.17. The normalized spacial score (nSPS) is 9.17. The first kappa shape index (κ1) is 19.5. The van der Waals surface area contributed by atoms with Gasteiger partial charge in [-0.1, -0.05) is 24.3 Å². The molecule has 30 heavy (non-hydrogen) atoms. The Kier molecular flexibility index (Phi) is 5.58. The van der Waals surface area contributed by atoms with E-state index in [0.717, 1.165) is 10.9 Å². The molecule has 0 saturated carbocycles. The second kappa shape index (κ2) is 8.60. The molecule has 2 heterocycles. The van der Waals surface area contributed by atoms with Crippen LogP contribution in [-0.4, -0.2) is 9.97 Å². The summed E-state index contributed by atoms with van der Waals surface area (Å²) in [5.74, 6) is 0. The average Bonchev–Trinajstić information content (AvgIpc) is 2.82. The first-order valence-electron chi connectivity index (χ1n) is 8.49. The van der Waals surface area contributed by atoms with Crippen LogP contribution in [0.3, 0.4) is 0 Å². The van der Waals surface area contributed by atoms with Crippen LogP contribution in [0.4, 0.5) is 0 Å². The fourth-order valence-corrected chi connectivity index (χ4v) is 2.84. The van der Waals surface area contributed by atoms with Crippen molar-refractivity contribution in [2.75, 3.05) is 0 Å². The van der Waals surface area contributed by atoms with Crippen LogP contribution in [0.5, 0.6) is 0 Å². The van der Waals surface area contributed by atoms with Gasteiger partial charge in [-0.3, -0.25) is 0 Å². The number of pyridine rings is 2. The average molecular weight is 383 g/mol. The number of nitriles is 5. The van der Waals surface area contributed by atoms with Gasteiger partial charge in [-0.15, -0.1) is 0 Å². The smallest absolute Gasteiger partial charge is 0.160 e. The monoisotopic (exact) mass is 383 g/mol. The lowest BCUT2D eigenvalue weighted by molar-refractivity contribution is 1.28. The molecule has 2 aromatic carbocycles. The van der Waals surface area contributed by atoms with E-state index in [1.54, 1.807) is 30.3 Å². The molecular weight excluding hydrogens is 374 g/mol. The predicted octanol–water partition coefficient (Wildman–Crippen LogP) is 3.83. The SMILES string of the molecule is N#Cc1ccc2ccccc2n1.N#Cc1nc2cccc(C#N)c2c(C#N)c1C#N. The maximum absolute atomic E-state index is 9.14. The molecular formula is C23H9N7. The summed E-state index contributed by atoms with van der Waals surface area (Å²) in [6.07, 6.45) is 0. The molecule has 4 rings (SSSR count). The van der Waals surface area contributed by atoms with Crippen LogP contribution in [0.1, 0.15) is 28.1 Å². The number of nitrogens with zero attached hydrogens (tertiary/aromatic N) is 7. The molecule has 0 N–H and O–H groups in total. The predicted molar refractivity (Wildman–Crippen MR) is 107 cm³/mol. The lowest BCUT2D eigenvalue weighted by Crippen LogP contribution is -1.98. The second-order valence-corrected chi connectivity index (χ2v) is 5.86. The van der Waals surface area contributed by atoms with Crippen LogP contribution in [0.2, 0.25) is 0 Å². The third-order valence-electron chi connectivity index (χ3n) is 4.17. The summed E-state index contributed by atoms with van der Waals surface area (Å²) in [7, 11) is 0. The maximum Gasteiger partial charge on any atom is 0.160 e. The lowest BCUT2D eigenvalue weighted by Gasteiger charge is -2.04. The fourth-order valence-electron chi connectivity index (χ4n) is 2.84. The highest BCUT2D eigenvalue weighted by molar-refractivity contribution is 5.92. The summed E-state index contributed by atoms with van der Waals surface area (Å²) in [5.41, 5.74) is 1.80. The Labute approximate surface area is 171 Å². The van der Waals surface area contributed by atoms with Crippen molar-refractivity contribution in [3.63, 3.8) is 0 Å². The van der Waals surface area contributed by atoms with Crippen LogP contribution in [0, 0.1) is 56.7 Å². The zero-order valence-electron chi connectivity index (χ0n) is 15.3. The van der Waals surface area contributed by atoms with E-state index in [1.807, 2.05) is 48.5 Å². The molecule has 4 aromatic rings. The van der Waals surface area contributed by atoms with E-state index in [2.05, 4.69) is 9.97 Å². The van der Waals surface area contributed by atoms with Gasteiger partial charge in [0.05, 0.1) is 28.2 Å². The first-order chi connectivity index (χ1) is 14.7. The number of para-hydroxylation sites is 1. The Morgan fingerprint density at radius 3 is 1.97 bits per heavy atom. The summed E-state index contributed by atoms with van der Waals surface area (Å²) in [4.78, 5) is 8.13. The molecule has 0 saturated heterocycles. The van der Waals surface area contributed by atoms with E-state index in [1.165, 1.54) is 6.07 Å². The Balaban J connectivity index is 0.000000184. The van der Waals surface area contributed by atoms with E-state index in [9.17, 15) is 0 Å². The van der Waals surface area contributed by atoms with Crippen molar-refractivity contribution >= 4 is 21.8 Å². The molecule has 7 heteroatoms. The van der Waals surface area contributed by atoms with Crippen molar-refractivity contribution in [2.45, 2.75) is 0 Å². The third kappa shape index (κ3) is 3.58. The minimum Gasteiger partial charge on any atom is -0.237 e. The molecule has 0 amide bonds. The summed E-state index contributed by atoms with van der Waals surface area (Å²) in [5, 5.41) is 46.0. The van der Waals surface area contributed by atoms with Crippen LogP contribution in [0.15, 0.2) is 54.6 Å². The molecule has 136 valence electrons. The Morgan fingerprint density at radius 2 is 1.30 bits per heavy atom. The molecule has 0 aliphatic rings. The van der Waals surface area contributed by atoms with Crippen molar-refractivity contribution in [1.82, 2.24) is 9.97 Å². The van der Waals surface area contributed by atoms with Gasteiger partial charge >= 0.3 is 0 Å². The minimum atomic E-state index is -0.100. The lowest BCUT2D eigenvalue weighted by atomic mass is 9.99. The highest BCUT2D eigenvalue weighted by Gasteiger charge is 2.16. The molecule has 0 spiro atoms. The Morgan fingerprint density at radius 1 is 0.567 bits per heavy atom. The standard InChI is InChI=1S/C13H3N5.C10H6N2/c14-4-8-2-1-3-11-13(8)10(6-16)9(5-15)12(7-17)18-11;11-7-9-6-5-8-3-1-2-4-10(8)12-9/h1-3H;1-6H. The van der Waals surface area contributed by atoms with Crippen LogP contribution in [0.25, 0.3) is 21.8 Å². The zero-order valence-corrected chi connectivity index (χ0v) is 15.3. The van der Waals surface area contributed by atoms with Gasteiger partial charge in [-0.25, -0.2) is 9.97 Å². The van der Waals surface area contributed by atoms with Crippen LogP contribution in [-0.2, 0) is 0 Å². The molecule has 0 fully saturated rings. The fraction of sp³-hybridized carbons (Fsp3) is 0. The van der Waals surface area contributed by atoms with Crippen molar-refractivity contribution < 1.29 is 0 Å². The van der Waals surface area contributed by atoms with E-state index >= 15 is 0 Å². The molecule has 2 aromatic heterocycles. The van der Waals surface area contributed by atoms with Crippen molar-refractivity contribution in [3.8, 4) is 30.3 Å². The van der Waals surface area contributed by atoms with Crippen LogP contribution < -0.4 is 0 Å². The number of rotatable bonds is 0. The van der Waals surface area contributed by atoms with Gasteiger partial charge in [0.2, 0.25) is 0 Å². The van der Waals surface area contributed by atoms with Crippen molar-refractivity contribution in [2.24, 2.45) is 0 Å². The molecule has 0 radical (unpaired) electrons. The summed E-state index contributed by atoms with van der Waals surface area (Å²) in [6.45, 7) is 0. The van der Waals surface area contributed by atoms with Gasteiger partial charge in [0.1, 0.15) is 35.5 Å². The topological polar surface area (TPSA) is 145 Å². The van der Waals surface area contributed by atoms with Crippen LogP contribution >= 0.6 is 0 Å². The summed E-state index contributed by atoms with van der Waals surface area (Å²) < 4.78 is 0. The largest absolute Gasteiger partial charge is 0.237 e. The number of aromatic nitrogens is 2. The Bertz CT molecular complexity index is 1500. The van der Waals surface area contributed by atoms with E-state index in [0.29, 0.717) is 16.6 Å². The molecule has 0 unspecified atom stereocenters. The highest BCUT2D eigenvalue weighted by atomic mass is 14.7. The molecule has 0 aliphatic heterocycles. The molecule has 0 bridgehead atoms. The second-order valence-electron chi connectivity index (χ2n) is 5.86. The number of fused-ring (bicyclic) bond motifs is 2. The molecule has 0 aliphatic carbocycles. The quantitative estimate of drug-likeness (QED) is 0.448. The van der Waals surface area contributed by atoms with Gasteiger partial charge < -0.3 is 0 Å². The van der Waals surface area contributed by atoms with Gasteiger partial charge in [0, 0.05) is 10.8 Å². The summed E-state index contributed by atoms with van der Waals surface area (Å²) >= 11 is 0. The van der Waals surface area contributed by atoms with E-state index in [-0.39, 0.29) is 22.4 Å². The molecule has 7 nitrogen and oxygen atoms in total. The van der Waals surface area contributed by atoms with Crippen molar-refractivity contribution in [1.29, 1.82) is 26.3 Å². The molecule has 0 atom stereocenters. The van der Waals surface area contributed by atoms with Gasteiger partial charge in [0.15, 0.2) is 5.69 Å². The van der Waals surface area contributed by atoms with Gasteiger partial charge in [0.25, 0.3) is 0 Å². The van der Waals surface area contributed by atoms with E-state index in [4.69, 9.17) is 26.3 Å². The van der Waals surface area contributed by atoms with Gasteiger partial charge in [-0.05, 0) is 30.3 Å².